The molecule has 0 fully saturated rings. The Labute approximate surface area is 76.6 Å². The van der Waals surface area contributed by atoms with Crippen LogP contribution >= 0.6 is 0 Å². The van der Waals surface area contributed by atoms with Crippen molar-refractivity contribution in [3.8, 4) is 0 Å². The standard InChI is InChI=1S/C9H13NO3/c1-4-9(2,3)7-6(8(11)12)10-5-13-7/h5H,4H2,1-3H3,(H,11,12). The van der Waals surface area contributed by atoms with E-state index in [1.165, 1.54) is 6.39 Å². The molecule has 0 unspecified atom stereocenters. The highest BCUT2D eigenvalue weighted by molar-refractivity contribution is 5.86. The zero-order valence-corrected chi connectivity index (χ0v) is 8.00. The van der Waals surface area contributed by atoms with Crippen molar-refractivity contribution in [2.24, 2.45) is 0 Å². The van der Waals surface area contributed by atoms with E-state index in [9.17, 15) is 4.79 Å². The van der Waals surface area contributed by atoms with E-state index in [1.54, 1.807) is 0 Å². The van der Waals surface area contributed by atoms with Crippen LogP contribution in [0.5, 0.6) is 0 Å². The quantitative estimate of drug-likeness (QED) is 0.779. The molecule has 0 aliphatic carbocycles. The lowest BCUT2D eigenvalue weighted by atomic mass is 9.86. The number of carboxylic acid groups (broad SMARTS) is 1. The Bertz CT molecular complexity index is 314. The van der Waals surface area contributed by atoms with Crippen molar-refractivity contribution in [1.82, 2.24) is 4.98 Å². The summed E-state index contributed by atoms with van der Waals surface area (Å²) >= 11 is 0. The summed E-state index contributed by atoms with van der Waals surface area (Å²) in [5, 5.41) is 8.79. The van der Waals surface area contributed by atoms with E-state index >= 15 is 0 Å². The molecule has 0 saturated heterocycles. The third-order valence-electron chi connectivity index (χ3n) is 2.27. The number of rotatable bonds is 3. The molecule has 0 aliphatic rings. The van der Waals surface area contributed by atoms with Crippen molar-refractivity contribution >= 4 is 5.97 Å². The van der Waals surface area contributed by atoms with Crippen molar-refractivity contribution in [1.29, 1.82) is 0 Å². The summed E-state index contributed by atoms with van der Waals surface area (Å²) < 4.78 is 5.09. The maximum atomic E-state index is 10.7. The van der Waals surface area contributed by atoms with Crippen molar-refractivity contribution in [3.63, 3.8) is 0 Å². The zero-order valence-electron chi connectivity index (χ0n) is 8.00. The SMILES string of the molecule is CCC(C)(C)c1ocnc1C(=O)O. The summed E-state index contributed by atoms with van der Waals surface area (Å²) in [7, 11) is 0. The van der Waals surface area contributed by atoms with Crippen LogP contribution in [0, 0.1) is 0 Å². The maximum absolute atomic E-state index is 10.7. The lowest BCUT2D eigenvalue weighted by Crippen LogP contribution is -2.18. The van der Waals surface area contributed by atoms with E-state index in [1.807, 2.05) is 20.8 Å². The molecule has 4 heteroatoms. The van der Waals surface area contributed by atoms with Crippen LogP contribution in [0.4, 0.5) is 0 Å². The van der Waals surface area contributed by atoms with Gasteiger partial charge >= 0.3 is 5.97 Å². The molecule has 1 N–H and O–H groups in total. The second-order valence-electron chi connectivity index (χ2n) is 3.57. The second-order valence-corrected chi connectivity index (χ2v) is 3.57. The minimum atomic E-state index is -1.04. The Kier molecular flexibility index (Phi) is 2.40. The lowest BCUT2D eigenvalue weighted by molar-refractivity contribution is 0.0686. The Morgan fingerprint density at radius 1 is 1.69 bits per heavy atom. The minimum absolute atomic E-state index is 0.0202. The number of aromatic nitrogens is 1. The molecule has 1 heterocycles. The predicted molar refractivity (Wildman–Crippen MR) is 46.8 cm³/mol. The summed E-state index contributed by atoms with van der Waals surface area (Å²) in [6.45, 7) is 5.84. The fourth-order valence-corrected chi connectivity index (χ4v) is 1.04. The number of nitrogens with zero attached hydrogens (tertiary/aromatic N) is 1. The van der Waals surface area contributed by atoms with E-state index in [-0.39, 0.29) is 11.1 Å². The van der Waals surface area contributed by atoms with Gasteiger partial charge in [-0.2, -0.15) is 0 Å². The van der Waals surface area contributed by atoms with Gasteiger partial charge in [-0.25, -0.2) is 9.78 Å². The average molecular weight is 183 g/mol. The van der Waals surface area contributed by atoms with Crippen LogP contribution in [0.3, 0.4) is 0 Å². The Morgan fingerprint density at radius 3 is 2.77 bits per heavy atom. The summed E-state index contributed by atoms with van der Waals surface area (Å²) in [6, 6.07) is 0. The molecule has 1 aromatic heterocycles. The van der Waals surface area contributed by atoms with Gasteiger partial charge in [0.05, 0.1) is 0 Å². The van der Waals surface area contributed by atoms with Gasteiger partial charge < -0.3 is 9.52 Å². The number of hydrogen-bond acceptors (Lipinski definition) is 3. The molecule has 1 rings (SSSR count). The first-order valence-electron chi connectivity index (χ1n) is 4.16. The molecule has 0 amide bonds. The highest BCUT2D eigenvalue weighted by atomic mass is 16.4. The highest BCUT2D eigenvalue weighted by Crippen LogP contribution is 2.28. The molecule has 0 bridgehead atoms. The molecule has 4 nitrogen and oxygen atoms in total. The largest absolute Gasteiger partial charge is 0.476 e. The van der Waals surface area contributed by atoms with Crippen molar-refractivity contribution in [3.05, 3.63) is 17.8 Å². The molecule has 0 saturated carbocycles. The predicted octanol–water partition coefficient (Wildman–Crippen LogP) is 2.06. The summed E-state index contributed by atoms with van der Waals surface area (Å²) in [5.41, 5.74) is -0.253. The van der Waals surface area contributed by atoms with Gasteiger partial charge in [0.2, 0.25) is 0 Å². The summed E-state index contributed by atoms with van der Waals surface area (Å²) in [6.07, 6.45) is 1.98. The van der Waals surface area contributed by atoms with Crippen LogP contribution in [0.2, 0.25) is 0 Å². The summed E-state index contributed by atoms with van der Waals surface area (Å²) in [5.74, 6) is -0.590. The van der Waals surface area contributed by atoms with Gasteiger partial charge in [0, 0.05) is 5.41 Å². The Balaban J connectivity index is 3.14. The van der Waals surface area contributed by atoms with Crippen LogP contribution < -0.4 is 0 Å². The highest BCUT2D eigenvalue weighted by Gasteiger charge is 2.29. The van der Waals surface area contributed by atoms with Crippen LogP contribution in [0.25, 0.3) is 0 Å². The lowest BCUT2D eigenvalue weighted by Gasteiger charge is -2.19. The first-order chi connectivity index (χ1) is 5.99. The number of carboxylic acids is 1. The van der Waals surface area contributed by atoms with E-state index in [4.69, 9.17) is 9.52 Å². The zero-order chi connectivity index (χ0) is 10.1. The minimum Gasteiger partial charge on any atom is -0.476 e. The first-order valence-corrected chi connectivity index (χ1v) is 4.16. The van der Waals surface area contributed by atoms with Crippen LogP contribution in [-0.2, 0) is 5.41 Å². The summed E-state index contributed by atoms with van der Waals surface area (Å²) in [4.78, 5) is 14.4. The molecule has 0 atom stereocenters. The number of hydrogen-bond donors (Lipinski definition) is 1. The molecule has 13 heavy (non-hydrogen) atoms. The van der Waals surface area contributed by atoms with Crippen LogP contribution in [0.1, 0.15) is 43.4 Å². The van der Waals surface area contributed by atoms with E-state index < -0.39 is 5.97 Å². The van der Waals surface area contributed by atoms with Gasteiger partial charge in [-0.3, -0.25) is 0 Å². The molecule has 0 aromatic carbocycles. The fourth-order valence-electron chi connectivity index (χ4n) is 1.04. The first kappa shape index (κ1) is 9.77. The molecule has 1 aromatic rings. The molecule has 0 spiro atoms. The second kappa shape index (κ2) is 3.20. The van der Waals surface area contributed by atoms with Gasteiger partial charge in [0.1, 0.15) is 5.76 Å². The average Bonchev–Trinajstić information content (AvgIpc) is 2.52. The Hall–Kier alpha value is -1.32. The van der Waals surface area contributed by atoms with Crippen LogP contribution in [-0.4, -0.2) is 16.1 Å². The van der Waals surface area contributed by atoms with E-state index in [0.717, 1.165) is 6.42 Å². The van der Waals surface area contributed by atoms with Gasteiger partial charge in [-0.05, 0) is 6.42 Å². The molecule has 0 radical (unpaired) electrons. The van der Waals surface area contributed by atoms with Crippen molar-refractivity contribution < 1.29 is 14.3 Å². The van der Waals surface area contributed by atoms with Crippen LogP contribution in [0.15, 0.2) is 10.8 Å². The molecule has 72 valence electrons. The fraction of sp³-hybridized carbons (Fsp3) is 0.556. The molecule has 0 aliphatic heterocycles. The number of aromatic carboxylic acids is 1. The number of oxazole rings is 1. The van der Waals surface area contributed by atoms with Crippen molar-refractivity contribution in [2.75, 3.05) is 0 Å². The van der Waals surface area contributed by atoms with Gasteiger partial charge in [0.25, 0.3) is 0 Å². The van der Waals surface area contributed by atoms with E-state index in [0.29, 0.717) is 5.76 Å². The van der Waals surface area contributed by atoms with Gasteiger partial charge in [0.15, 0.2) is 12.1 Å². The monoisotopic (exact) mass is 183 g/mol. The van der Waals surface area contributed by atoms with Gasteiger partial charge in [-0.15, -0.1) is 0 Å². The van der Waals surface area contributed by atoms with Gasteiger partial charge in [-0.1, -0.05) is 20.8 Å². The normalized spacial score (nSPS) is 11.6. The maximum Gasteiger partial charge on any atom is 0.358 e. The third kappa shape index (κ3) is 1.71. The topological polar surface area (TPSA) is 63.3 Å². The number of carbonyl (C=O) groups is 1. The Morgan fingerprint density at radius 2 is 2.31 bits per heavy atom. The van der Waals surface area contributed by atoms with Crippen molar-refractivity contribution in [2.45, 2.75) is 32.6 Å². The molecular formula is C9H13NO3. The van der Waals surface area contributed by atoms with E-state index in [2.05, 4.69) is 4.98 Å². The third-order valence-corrected chi connectivity index (χ3v) is 2.27. The molecular weight excluding hydrogens is 170 g/mol. The smallest absolute Gasteiger partial charge is 0.358 e.